The van der Waals surface area contributed by atoms with Gasteiger partial charge in [-0.1, -0.05) is 121 Å². The molecule has 5 rings (SSSR count). The van der Waals surface area contributed by atoms with E-state index in [4.69, 9.17) is 18.9 Å². The van der Waals surface area contributed by atoms with E-state index < -0.39 is 24.4 Å². The number of hydroxylamine groups is 1. The maximum Gasteiger partial charge on any atom is 0.182 e. The first kappa shape index (κ1) is 27.7. The van der Waals surface area contributed by atoms with Crippen molar-refractivity contribution in [1.82, 2.24) is 0 Å². The van der Waals surface area contributed by atoms with Crippen molar-refractivity contribution in [3.63, 3.8) is 0 Å². The van der Waals surface area contributed by atoms with Crippen LogP contribution in [0.15, 0.2) is 121 Å². The third-order valence-corrected chi connectivity index (χ3v) is 6.85. The van der Waals surface area contributed by atoms with E-state index in [9.17, 15) is 5.21 Å². The highest BCUT2D eigenvalue weighted by Gasteiger charge is 2.43. The van der Waals surface area contributed by atoms with E-state index in [0.29, 0.717) is 26.4 Å². The molecule has 0 amide bonds. The monoisotopic (exact) mass is 537 g/mol. The Labute approximate surface area is 236 Å². The average Bonchev–Trinajstić information content (AvgIpc) is 3.14. The lowest BCUT2D eigenvalue weighted by atomic mass is 10.0. The van der Waals surface area contributed by atoms with Gasteiger partial charge >= 0.3 is 0 Å². The Hall–Kier alpha value is -3.81. The Morgan fingerprint density at radius 2 is 0.875 bits per heavy atom. The maximum atomic E-state index is 13.2. The van der Waals surface area contributed by atoms with Gasteiger partial charge in [0.05, 0.1) is 26.4 Å². The molecule has 6 heteroatoms. The number of benzene rings is 4. The van der Waals surface area contributed by atoms with E-state index in [0.717, 1.165) is 27.0 Å². The molecule has 1 aliphatic heterocycles. The van der Waals surface area contributed by atoms with Crippen LogP contribution in [0.1, 0.15) is 22.3 Å². The van der Waals surface area contributed by atoms with Crippen LogP contribution < -0.4 is 0 Å². The van der Waals surface area contributed by atoms with Crippen LogP contribution in [0.4, 0.5) is 0 Å². The normalized spacial score (nSPS) is 20.9. The lowest BCUT2D eigenvalue weighted by Crippen LogP contribution is -2.49. The standard InChI is InChI=1S/C34H35NO5/c36-35-21-31(37-23-27-13-5-1-6-14-27)33(39-25-29-17-9-3-10-18-29)34(40-26-30-19-11-4-12-20-30)32(22-35)38-24-28-15-7-2-8-16-28/h1-21,31-34H,22-26H2/t31-,32+,33-,34-/m0/s1. The molecule has 0 spiro atoms. The van der Waals surface area contributed by atoms with Crippen LogP contribution in [-0.2, 0) is 45.4 Å². The van der Waals surface area contributed by atoms with Crippen LogP contribution in [0.3, 0.4) is 0 Å². The second-order valence-electron chi connectivity index (χ2n) is 9.87. The van der Waals surface area contributed by atoms with Gasteiger partial charge in [-0.05, 0) is 22.3 Å². The molecule has 1 aliphatic rings. The van der Waals surface area contributed by atoms with Gasteiger partial charge in [0.25, 0.3) is 0 Å². The Morgan fingerprint density at radius 3 is 1.32 bits per heavy atom. The van der Waals surface area contributed by atoms with Crippen molar-refractivity contribution in [2.45, 2.75) is 50.8 Å². The molecule has 0 aromatic heterocycles. The fraction of sp³-hybridized carbons (Fsp3) is 0.265. The highest BCUT2D eigenvalue weighted by Crippen LogP contribution is 2.24. The van der Waals surface area contributed by atoms with Gasteiger partial charge in [0.2, 0.25) is 0 Å². The molecule has 0 bridgehead atoms. The first-order valence-electron chi connectivity index (χ1n) is 13.7. The third kappa shape index (κ3) is 8.10. The van der Waals surface area contributed by atoms with E-state index in [2.05, 4.69) is 0 Å². The Balaban J connectivity index is 1.42. The molecule has 0 N–H and O–H groups in total. The van der Waals surface area contributed by atoms with Gasteiger partial charge in [-0.25, -0.2) is 4.74 Å². The summed E-state index contributed by atoms with van der Waals surface area (Å²) in [5, 5.41) is 13.2. The molecule has 0 saturated heterocycles. The van der Waals surface area contributed by atoms with Gasteiger partial charge in [-0.2, -0.15) is 0 Å². The average molecular weight is 538 g/mol. The summed E-state index contributed by atoms with van der Waals surface area (Å²) in [6.07, 6.45) is -0.796. The van der Waals surface area contributed by atoms with Crippen LogP contribution in [0.2, 0.25) is 0 Å². The predicted molar refractivity (Wildman–Crippen MR) is 155 cm³/mol. The first-order valence-corrected chi connectivity index (χ1v) is 13.7. The topological polar surface area (TPSA) is 63.0 Å². The van der Waals surface area contributed by atoms with E-state index in [1.54, 1.807) is 6.21 Å². The molecule has 0 fully saturated rings. The molecule has 6 nitrogen and oxygen atoms in total. The van der Waals surface area contributed by atoms with Gasteiger partial charge in [-0.15, -0.1) is 0 Å². The number of ether oxygens (including phenoxy) is 4. The summed E-state index contributed by atoms with van der Waals surface area (Å²) >= 11 is 0. The summed E-state index contributed by atoms with van der Waals surface area (Å²) < 4.78 is 26.8. The lowest BCUT2D eigenvalue weighted by molar-refractivity contribution is -0.469. The van der Waals surface area contributed by atoms with Crippen molar-refractivity contribution in [1.29, 1.82) is 0 Å². The van der Waals surface area contributed by atoms with Crippen LogP contribution in [0, 0.1) is 5.21 Å². The minimum absolute atomic E-state index is 0.0999. The Bertz CT molecular complexity index is 1300. The molecule has 40 heavy (non-hydrogen) atoms. The maximum absolute atomic E-state index is 13.2. The molecule has 0 saturated carbocycles. The van der Waals surface area contributed by atoms with Crippen LogP contribution in [-0.4, -0.2) is 41.9 Å². The van der Waals surface area contributed by atoms with Gasteiger partial charge in [0.15, 0.2) is 18.9 Å². The van der Waals surface area contributed by atoms with Crippen molar-refractivity contribution in [2.75, 3.05) is 6.54 Å². The van der Waals surface area contributed by atoms with E-state index >= 15 is 0 Å². The minimum Gasteiger partial charge on any atom is -0.624 e. The fourth-order valence-electron chi connectivity index (χ4n) is 4.74. The Kier molecular flexibility index (Phi) is 10.1. The van der Waals surface area contributed by atoms with E-state index in [1.807, 2.05) is 121 Å². The van der Waals surface area contributed by atoms with E-state index in [1.165, 1.54) is 0 Å². The molecular formula is C34H35NO5. The van der Waals surface area contributed by atoms with Crippen LogP contribution >= 0.6 is 0 Å². The summed E-state index contributed by atoms with van der Waals surface area (Å²) in [5.41, 5.74) is 4.09. The van der Waals surface area contributed by atoms with Gasteiger partial charge < -0.3 is 24.2 Å². The molecule has 4 aromatic carbocycles. The predicted octanol–water partition coefficient (Wildman–Crippen LogP) is 5.92. The zero-order valence-electron chi connectivity index (χ0n) is 22.5. The molecule has 4 aromatic rings. The summed E-state index contributed by atoms with van der Waals surface area (Å²) in [5.74, 6) is 0. The molecule has 1 heterocycles. The fourth-order valence-corrected chi connectivity index (χ4v) is 4.74. The molecule has 0 aliphatic carbocycles. The van der Waals surface area contributed by atoms with Crippen molar-refractivity contribution in [3.8, 4) is 0 Å². The minimum atomic E-state index is -0.646. The zero-order chi connectivity index (χ0) is 27.4. The quantitative estimate of drug-likeness (QED) is 0.166. The zero-order valence-corrected chi connectivity index (χ0v) is 22.5. The smallest absolute Gasteiger partial charge is 0.182 e. The van der Waals surface area contributed by atoms with Crippen molar-refractivity contribution >= 4 is 6.21 Å². The van der Waals surface area contributed by atoms with Crippen molar-refractivity contribution < 1.29 is 23.7 Å². The van der Waals surface area contributed by atoms with Crippen molar-refractivity contribution in [2.24, 2.45) is 0 Å². The van der Waals surface area contributed by atoms with Gasteiger partial charge in [-0.3, -0.25) is 0 Å². The van der Waals surface area contributed by atoms with E-state index in [-0.39, 0.29) is 6.54 Å². The number of rotatable bonds is 12. The summed E-state index contributed by atoms with van der Waals surface area (Å²) in [4.78, 5) is 0. The second-order valence-corrected chi connectivity index (χ2v) is 9.87. The summed E-state index contributed by atoms with van der Waals surface area (Å²) in [6, 6.07) is 39.8. The molecule has 206 valence electrons. The highest BCUT2D eigenvalue weighted by molar-refractivity contribution is 5.59. The summed E-state index contributed by atoms with van der Waals surface area (Å²) in [7, 11) is 0. The molecule has 4 atom stereocenters. The molecule has 0 radical (unpaired) electrons. The van der Waals surface area contributed by atoms with Crippen LogP contribution in [0.25, 0.3) is 0 Å². The third-order valence-electron chi connectivity index (χ3n) is 6.85. The van der Waals surface area contributed by atoms with Gasteiger partial charge in [0, 0.05) is 0 Å². The molecular weight excluding hydrogens is 502 g/mol. The Morgan fingerprint density at radius 1 is 0.500 bits per heavy atom. The van der Waals surface area contributed by atoms with Crippen molar-refractivity contribution in [3.05, 3.63) is 149 Å². The van der Waals surface area contributed by atoms with Gasteiger partial charge in [0.1, 0.15) is 18.3 Å². The SMILES string of the molecule is [O-][N+]1=C[C@H](OCc2ccccc2)[C@H](OCc2ccccc2)[C@@H](OCc2ccccc2)[C@H](OCc2ccccc2)C1. The number of hydrogen-bond acceptors (Lipinski definition) is 5. The molecule has 0 unspecified atom stereocenters. The first-order chi connectivity index (χ1) is 19.7. The number of hydrogen-bond donors (Lipinski definition) is 0. The lowest BCUT2D eigenvalue weighted by Gasteiger charge is -2.33. The summed E-state index contributed by atoms with van der Waals surface area (Å²) in [6.45, 7) is 1.49. The number of nitrogens with zero attached hydrogens (tertiary/aromatic N) is 1. The largest absolute Gasteiger partial charge is 0.624 e. The van der Waals surface area contributed by atoms with Crippen LogP contribution in [0.5, 0.6) is 0 Å². The highest BCUT2D eigenvalue weighted by atomic mass is 16.6. The second kappa shape index (κ2) is 14.5.